The van der Waals surface area contributed by atoms with Gasteiger partial charge in [-0.2, -0.15) is 0 Å². The van der Waals surface area contributed by atoms with E-state index in [4.69, 9.17) is 0 Å². The summed E-state index contributed by atoms with van der Waals surface area (Å²) in [5.74, 6) is -1.29. The average molecular weight is 397 g/mol. The normalized spacial score (nSPS) is 11.9. The molecule has 0 radical (unpaired) electrons. The van der Waals surface area contributed by atoms with Gasteiger partial charge in [-0.05, 0) is 63.7 Å². The van der Waals surface area contributed by atoms with Gasteiger partial charge in [0, 0.05) is 32.0 Å². The van der Waals surface area contributed by atoms with Crippen LogP contribution in [0.15, 0.2) is 36.4 Å². The van der Waals surface area contributed by atoms with Crippen molar-refractivity contribution in [2.24, 2.45) is 0 Å². The molecule has 0 aliphatic carbocycles. The van der Waals surface area contributed by atoms with E-state index in [0.29, 0.717) is 12.2 Å². The Labute approximate surface area is 173 Å². The highest BCUT2D eigenvalue weighted by Crippen LogP contribution is 2.22. The number of carbonyl (C=O) groups excluding carboxylic acids is 2. The topological polar surface area (TPSA) is 64.7 Å². The molecule has 1 unspecified atom stereocenters. The molecule has 156 valence electrons. The van der Waals surface area contributed by atoms with Gasteiger partial charge in [0.2, 0.25) is 0 Å². The molecule has 0 spiro atoms. The Morgan fingerprint density at radius 2 is 1.45 bits per heavy atom. The molecule has 29 heavy (non-hydrogen) atoms. The molecule has 2 aromatic rings. The number of rotatable bonds is 6. The summed E-state index contributed by atoms with van der Waals surface area (Å²) in [4.78, 5) is 28.9. The number of carbonyl (C=O) groups is 2. The maximum absolute atomic E-state index is 12.4. The molecule has 2 aromatic carbocycles. The molecule has 2 amide bonds. The zero-order valence-corrected chi connectivity index (χ0v) is 18.5. The summed E-state index contributed by atoms with van der Waals surface area (Å²) in [6.45, 7) is 6.19. The van der Waals surface area contributed by atoms with Crippen LogP contribution in [0.1, 0.15) is 28.3 Å². The van der Waals surface area contributed by atoms with Crippen LogP contribution in [0.2, 0.25) is 0 Å². The molecular weight excluding hydrogens is 364 g/mol. The minimum atomic E-state index is -0.652. The van der Waals surface area contributed by atoms with Crippen LogP contribution < -0.4 is 15.5 Å². The molecule has 0 aromatic heterocycles. The second kappa shape index (κ2) is 9.56. The van der Waals surface area contributed by atoms with Crippen molar-refractivity contribution in [3.05, 3.63) is 58.7 Å². The van der Waals surface area contributed by atoms with Crippen LogP contribution in [0.25, 0.3) is 0 Å². The summed E-state index contributed by atoms with van der Waals surface area (Å²) in [7, 11) is 7.90. The monoisotopic (exact) mass is 396 g/mol. The first-order chi connectivity index (χ1) is 13.6. The second-order valence-corrected chi connectivity index (χ2v) is 7.90. The number of amides is 2. The molecule has 6 nitrogen and oxygen atoms in total. The van der Waals surface area contributed by atoms with Gasteiger partial charge in [0.25, 0.3) is 0 Å². The predicted molar refractivity (Wildman–Crippen MR) is 119 cm³/mol. The number of anilines is 2. The molecule has 0 saturated carbocycles. The van der Waals surface area contributed by atoms with Crippen LogP contribution >= 0.6 is 0 Å². The lowest BCUT2D eigenvalue weighted by atomic mass is 10.0. The van der Waals surface area contributed by atoms with E-state index in [1.807, 2.05) is 95.2 Å². The van der Waals surface area contributed by atoms with Crippen molar-refractivity contribution in [2.45, 2.75) is 26.8 Å². The average Bonchev–Trinajstić information content (AvgIpc) is 2.64. The molecule has 6 heteroatoms. The van der Waals surface area contributed by atoms with Gasteiger partial charge in [0.15, 0.2) is 0 Å². The lowest BCUT2D eigenvalue weighted by Crippen LogP contribution is -2.40. The fraction of sp³-hybridized carbons (Fsp3) is 0.391. The summed E-state index contributed by atoms with van der Waals surface area (Å²) in [6.07, 6.45) is 0. The minimum absolute atomic E-state index is 0.0363. The van der Waals surface area contributed by atoms with E-state index in [0.717, 1.165) is 27.9 Å². The molecule has 0 heterocycles. The lowest BCUT2D eigenvalue weighted by Gasteiger charge is -2.25. The van der Waals surface area contributed by atoms with Gasteiger partial charge in [0.1, 0.15) is 0 Å². The van der Waals surface area contributed by atoms with Gasteiger partial charge in [-0.25, -0.2) is 0 Å². The Kier molecular flexibility index (Phi) is 7.40. The van der Waals surface area contributed by atoms with Crippen molar-refractivity contribution in [1.82, 2.24) is 10.2 Å². The number of nitrogens with zero attached hydrogens (tertiary/aromatic N) is 2. The number of aryl methyl sites for hydroxylation is 3. The minimum Gasteiger partial charge on any atom is -0.378 e. The van der Waals surface area contributed by atoms with Crippen LogP contribution in [0, 0.1) is 20.8 Å². The third-order valence-corrected chi connectivity index (χ3v) is 5.00. The SMILES string of the molecule is Cc1cc(C)c(NC(=O)C(=O)NCC(c2ccc(N(C)C)cc2)N(C)C)c(C)c1. The van der Waals surface area contributed by atoms with Crippen LogP contribution in [0.4, 0.5) is 11.4 Å². The van der Waals surface area contributed by atoms with Gasteiger partial charge >= 0.3 is 11.8 Å². The first-order valence-electron chi connectivity index (χ1n) is 9.71. The van der Waals surface area contributed by atoms with E-state index in [1.54, 1.807) is 0 Å². The van der Waals surface area contributed by atoms with Gasteiger partial charge in [-0.3, -0.25) is 9.59 Å². The number of benzene rings is 2. The van der Waals surface area contributed by atoms with Crippen LogP contribution in [-0.4, -0.2) is 51.4 Å². The second-order valence-electron chi connectivity index (χ2n) is 7.90. The van der Waals surface area contributed by atoms with E-state index in [1.165, 1.54) is 0 Å². The van der Waals surface area contributed by atoms with Crippen molar-refractivity contribution in [3.8, 4) is 0 Å². The number of nitrogens with one attached hydrogen (secondary N) is 2. The van der Waals surface area contributed by atoms with Gasteiger partial charge in [0.05, 0.1) is 6.04 Å². The van der Waals surface area contributed by atoms with E-state index < -0.39 is 11.8 Å². The summed E-state index contributed by atoms with van der Waals surface area (Å²) < 4.78 is 0. The quantitative estimate of drug-likeness (QED) is 0.737. The van der Waals surface area contributed by atoms with Crippen molar-refractivity contribution < 1.29 is 9.59 Å². The van der Waals surface area contributed by atoms with E-state index in [9.17, 15) is 9.59 Å². The Morgan fingerprint density at radius 1 is 0.897 bits per heavy atom. The number of hydrogen-bond donors (Lipinski definition) is 2. The zero-order chi connectivity index (χ0) is 21.7. The highest BCUT2D eigenvalue weighted by atomic mass is 16.2. The maximum Gasteiger partial charge on any atom is 0.313 e. The van der Waals surface area contributed by atoms with Crippen LogP contribution in [-0.2, 0) is 9.59 Å². The summed E-state index contributed by atoms with van der Waals surface area (Å²) in [6, 6.07) is 12.1. The molecule has 0 aliphatic heterocycles. The Hall–Kier alpha value is -2.86. The van der Waals surface area contributed by atoms with Crippen LogP contribution in [0.5, 0.6) is 0 Å². The summed E-state index contributed by atoms with van der Waals surface area (Å²) in [5.41, 5.74) is 5.88. The predicted octanol–water partition coefficient (Wildman–Crippen LogP) is 3.04. The number of likely N-dealkylation sites (N-methyl/N-ethyl adjacent to an activating group) is 1. The number of hydrogen-bond acceptors (Lipinski definition) is 4. The Balaban J connectivity index is 2.04. The third kappa shape index (κ3) is 5.81. The smallest absolute Gasteiger partial charge is 0.313 e. The van der Waals surface area contributed by atoms with E-state index in [-0.39, 0.29) is 6.04 Å². The van der Waals surface area contributed by atoms with E-state index >= 15 is 0 Å². The zero-order valence-electron chi connectivity index (χ0n) is 18.5. The molecule has 0 bridgehead atoms. The van der Waals surface area contributed by atoms with Crippen molar-refractivity contribution in [3.63, 3.8) is 0 Å². The highest BCUT2D eigenvalue weighted by Gasteiger charge is 2.20. The van der Waals surface area contributed by atoms with Crippen LogP contribution in [0.3, 0.4) is 0 Å². The van der Waals surface area contributed by atoms with Gasteiger partial charge in [-0.15, -0.1) is 0 Å². The fourth-order valence-electron chi connectivity index (χ4n) is 3.41. The molecule has 2 rings (SSSR count). The molecule has 2 N–H and O–H groups in total. The maximum atomic E-state index is 12.4. The Morgan fingerprint density at radius 3 is 1.93 bits per heavy atom. The largest absolute Gasteiger partial charge is 0.378 e. The van der Waals surface area contributed by atoms with Gasteiger partial charge in [-0.1, -0.05) is 29.8 Å². The fourth-order valence-corrected chi connectivity index (χ4v) is 3.41. The molecule has 0 saturated heterocycles. The Bertz CT molecular complexity index is 850. The summed E-state index contributed by atoms with van der Waals surface area (Å²) >= 11 is 0. The van der Waals surface area contributed by atoms with Crippen molar-refractivity contribution >= 4 is 23.2 Å². The molecule has 1 atom stereocenters. The molecule has 0 fully saturated rings. The molecular formula is C23H32N4O2. The molecule has 0 aliphatic rings. The van der Waals surface area contributed by atoms with E-state index in [2.05, 4.69) is 10.6 Å². The highest BCUT2D eigenvalue weighted by molar-refractivity contribution is 6.39. The first-order valence-corrected chi connectivity index (χ1v) is 9.71. The third-order valence-electron chi connectivity index (χ3n) is 5.00. The van der Waals surface area contributed by atoms with Crippen molar-refractivity contribution in [2.75, 3.05) is 45.0 Å². The van der Waals surface area contributed by atoms with Gasteiger partial charge < -0.3 is 20.4 Å². The first kappa shape index (κ1) is 22.4. The standard InChI is InChI=1S/C23H32N4O2/c1-15-12-16(2)21(17(3)13-15)25-23(29)22(28)24-14-20(27(6)7)18-8-10-19(11-9-18)26(4)5/h8-13,20H,14H2,1-7H3,(H,24,28)(H,25,29). The van der Waals surface area contributed by atoms with Crippen molar-refractivity contribution in [1.29, 1.82) is 0 Å². The summed E-state index contributed by atoms with van der Waals surface area (Å²) in [5, 5.41) is 5.52. The lowest BCUT2D eigenvalue weighted by molar-refractivity contribution is -0.136.